The van der Waals surface area contributed by atoms with E-state index in [0.29, 0.717) is 0 Å². The first kappa shape index (κ1) is 12.3. The summed E-state index contributed by atoms with van der Waals surface area (Å²) in [4.78, 5) is 21.2. The van der Waals surface area contributed by atoms with Gasteiger partial charge < -0.3 is 9.31 Å². The van der Waals surface area contributed by atoms with Crippen LogP contribution in [0.1, 0.15) is 0 Å². The van der Waals surface area contributed by atoms with E-state index in [0.717, 1.165) is 0 Å². The van der Waals surface area contributed by atoms with Crippen molar-refractivity contribution in [3.8, 4) is 0 Å². The molecule has 1 aromatic carbocycles. The summed E-state index contributed by atoms with van der Waals surface area (Å²) < 4.78 is 72.8. The van der Waals surface area contributed by atoms with Gasteiger partial charge in [0.15, 0.2) is 29.1 Å². The van der Waals surface area contributed by atoms with E-state index in [1.165, 1.54) is 0 Å². The molecule has 1 aliphatic rings. The molecule has 0 bridgehead atoms. The minimum Gasteiger partial charge on any atom is -0.487 e. The van der Waals surface area contributed by atoms with E-state index in [9.17, 15) is 31.5 Å². The molecule has 94 valence electrons. The van der Waals surface area contributed by atoms with Gasteiger partial charge in [-0.05, 0) is 0 Å². The summed E-state index contributed by atoms with van der Waals surface area (Å²) in [6, 6.07) is 0. The van der Waals surface area contributed by atoms with Gasteiger partial charge in [-0.2, -0.15) is 0 Å². The molecule has 10 heteroatoms. The van der Waals surface area contributed by atoms with Crippen LogP contribution in [-0.4, -0.2) is 19.1 Å². The second-order valence-electron chi connectivity index (χ2n) is 3.13. The average Bonchev–Trinajstić information content (AvgIpc) is 2.64. The van der Waals surface area contributed by atoms with Gasteiger partial charge in [0.2, 0.25) is 0 Å². The molecule has 4 nitrogen and oxygen atoms in total. The lowest BCUT2D eigenvalue weighted by molar-refractivity contribution is -0.150. The highest BCUT2D eigenvalue weighted by atomic mass is 19.2. The summed E-state index contributed by atoms with van der Waals surface area (Å²) in [5.74, 6) is -14.5. The molecular weight excluding hydrogens is 266 g/mol. The topological polar surface area (TPSA) is 52.6 Å². The third-order valence-corrected chi connectivity index (χ3v) is 2.07. The van der Waals surface area contributed by atoms with Crippen LogP contribution in [-0.2, 0) is 18.9 Å². The summed E-state index contributed by atoms with van der Waals surface area (Å²) in [5.41, 5.74) is -1.54. The van der Waals surface area contributed by atoms with E-state index < -0.39 is 53.6 Å². The van der Waals surface area contributed by atoms with Gasteiger partial charge in [-0.3, -0.25) is 0 Å². The van der Waals surface area contributed by atoms with Crippen molar-refractivity contribution in [2.24, 2.45) is 0 Å². The van der Waals surface area contributed by atoms with Crippen LogP contribution >= 0.6 is 0 Å². The largest absolute Gasteiger partial charge is 0.643 e. The van der Waals surface area contributed by atoms with Crippen LogP contribution < -0.4 is 5.46 Å². The molecule has 0 aliphatic carbocycles. The van der Waals surface area contributed by atoms with Gasteiger partial charge in [-0.1, -0.05) is 0 Å². The average molecular weight is 266 g/mol. The molecule has 0 radical (unpaired) electrons. The van der Waals surface area contributed by atoms with E-state index >= 15 is 0 Å². The molecule has 2 rings (SSSR count). The molecule has 1 aromatic rings. The first-order chi connectivity index (χ1) is 8.34. The van der Waals surface area contributed by atoms with Crippen molar-refractivity contribution in [3.63, 3.8) is 0 Å². The fourth-order valence-corrected chi connectivity index (χ4v) is 1.26. The molecule has 0 atom stereocenters. The van der Waals surface area contributed by atoms with Gasteiger partial charge in [0.1, 0.15) is 0 Å². The van der Waals surface area contributed by atoms with Crippen molar-refractivity contribution < 1.29 is 40.8 Å². The third-order valence-electron chi connectivity index (χ3n) is 2.07. The van der Waals surface area contributed by atoms with Crippen LogP contribution in [0.3, 0.4) is 0 Å². The van der Waals surface area contributed by atoms with E-state index in [1.807, 2.05) is 0 Å². The smallest absolute Gasteiger partial charge is 0.487 e. The predicted octanol–water partition coefficient (Wildman–Crippen LogP) is 0.177. The van der Waals surface area contributed by atoms with E-state index in [4.69, 9.17) is 0 Å². The Hall–Kier alpha value is -2.13. The van der Waals surface area contributed by atoms with E-state index in [1.54, 1.807) is 0 Å². The summed E-state index contributed by atoms with van der Waals surface area (Å²) >= 11 is 0. The van der Waals surface area contributed by atoms with Crippen molar-refractivity contribution >= 4 is 24.5 Å². The van der Waals surface area contributed by atoms with Crippen LogP contribution in [0, 0.1) is 29.1 Å². The van der Waals surface area contributed by atoms with Crippen molar-refractivity contribution in [1.29, 1.82) is 0 Å². The number of halogens is 5. The minimum absolute atomic E-state index is 1.54. The molecule has 0 spiro atoms. The molecule has 0 N–H and O–H groups in total. The Morgan fingerprint density at radius 1 is 0.667 bits per heavy atom. The van der Waals surface area contributed by atoms with Gasteiger partial charge >= 0.3 is 19.1 Å². The Kier molecular flexibility index (Phi) is 2.72. The summed E-state index contributed by atoms with van der Waals surface area (Å²) in [7, 11) is -2.30. The molecule has 0 saturated carbocycles. The zero-order valence-corrected chi connectivity index (χ0v) is 8.10. The molecular formula is C8BF5O4. The molecule has 1 aliphatic heterocycles. The lowest BCUT2D eigenvalue weighted by Crippen LogP contribution is -2.39. The maximum absolute atomic E-state index is 13.2. The third kappa shape index (κ3) is 1.60. The highest BCUT2D eigenvalue weighted by Gasteiger charge is 2.47. The number of carbonyl (C=O) groups is 2. The fourth-order valence-electron chi connectivity index (χ4n) is 1.26. The van der Waals surface area contributed by atoms with E-state index in [-0.39, 0.29) is 0 Å². The van der Waals surface area contributed by atoms with Gasteiger partial charge in [0.05, 0.1) is 5.46 Å². The van der Waals surface area contributed by atoms with Crippen LogP contribution in [0.15, 0.2) is 0 Å². The SMILES string of the molecule is O=C1OB(c2c(F)c(F)c(F)c(F)c2F)OC1=O. The van der Waals surface area contributed by atoms with Gasteiger partial charge in [-0.25, -0.2) is 31.5 Å². The molecule has 0 aromatic heterocycles. The maximum atomic E-state index is 13.2. The summed E-state index contributed by atoms with van der Waals surface area (Å²) in [6.07, 6.45) is 0. The minimum atomic E-state index is -2.37. The summed E-state index contributed by atoms with van der Waals surface area (Å²) in [5, 5.41) is 0. The van der Waals surface area contributed by atoms with Gasteiger partial charge in [-0.15, -0.1) is 0 Å². The Morgan fingerprint density at radius 2 is 1.00 bits per heavy atom. The van der Waals surface area contributed by atoms with Crippen molar-refractivity contribution in [1.82, 2.24) is 0 Å². The second-order valence-corrected chi connectivity index (χ2v) is 3.13. The van der Waals surface area contributed by atoms with Crippen LogP contribution in [0.2, 0.25) is 0 Å². The molecule has 1 saturated heterocycles. The lowest BCUT2D eigenvalue weighted by atomic mass is 9.78. The predicted molar refractivity (Wildman–Crippen MR) is 43.8 cm³/mol. The lowest BCUT2D eigenvalue weighted by Gasteiger charge is -2.07. The number of hydrogen-bond donors (Lipinski definition) is 0. The standard InChI is InChI=1S/C8BF5O4/c10-2-1(9-17-7(15)8(16)18-9)3(11)5(13)6(14)4(2)12. The first-order valence-corrected chi connectivity index (χ1v) is 4.27. The van der Waals surface area contributed by atoms with Crippen LogP contribution in [0.25, 0.3) is 0 Å². The number of hydrogen-bond acceptors (Lipinski definition) is 4. The molecule has 0 amide bonds. The Bertz CT molecular complexity index is 530. The number of benzene rings is 1. The maximum Gasteiger partial charge on any atom is 0.643 e. The zero-order chi connectivity index (χ0) is 13.6. The molecule has 0 unspecified atom stereocenters. The highest BCUT2D eigenvalue weighted by molar-refractivity contribution is 6.71. The Balaban J connectivity index is 2.59. The molecule has 1 fully saturated rings. The van der Waals surface area contributed by atoms with Gasteiger partial charge in [0, 0.05) is 0 Å². The molecule has 1 heterocycles. The van der Waals surface area contributed by atoms with E-state index in [2.05, 4.69) is 9.31 Å². The van der Waals surface area contributed by atoms with Gasteiger partial charge in [0.25, 0.3) is 0 Å². The number of carbonyl (C=O) groups excluding carboxylic acids is 2. The first-order valence-electron chi connectivity index (χ1n) is 4.27. The monoisotopic (exact) mass is 266 g/mol. The number of rotatable bonds is 1. The van der Waals surface area contributed by atoms with Crippen LogP contribution in [0.4, 0.5) is 22.0 Å². The molecule has 18 heavy (non-hydrogen) atoms. The fraction of sp³-hybridized carbons (Fsp3) is 0. The summed E-state index contributed by atoms with van der Waals surface area (Å²) in [6.45, 7) is 0. The zero-order valence-electron chi connectivity index (χ0n) is 8.10. The normalized spacial score (nSPS) is 14.8. The second kappa shape index (κ2) is 3.96. The van der Waals surface area contributed by atoms with Crippen molar-refractivity contribution in [2.45, 2.75) is 0 Å². The Morgan fingerprint density at radius 3 is 1.39 bits per heavy atom. The highest BCUT2D eigenvalue weighted by Crippen LogP contribution is 2.18. The van der Waals surface area contributed by atoms with Crippen LogP contribution in [0.5, 0.6) is 0 Å². The quantitative estimate of drug-likeness (QED) is 0.239. The van der Waals surface area contributed by atoms with Crippen molar-refractivity contribution in [3.05, 3.63) is 29.1 Å². The Labute approximate surface area is 95.4 Å². The van der Waals surface area contributed by atoms with Crippen molar-refractivity contribution in [2.75, 3.05) is 0 Å².